The van der Waals surface area contributed by atoms with Crippen molar-refractivity contribution >= 4 is 31.0 Å². The number of aryl methyl sites for hydroxylation is 1. The van der Waals surface area contributed by atoms with E-state index in [0.717, 1.165) is 72.6 Å². The predicted octanol–water partition coefficient (Wildman–Crippen LogP) is 3.13. The highest BCUT2D eigenvalue weighted by molar-refractivity contribution is 7.59. The van der Waals surface area contributed by atoms with Crippen LogP contribution < -0.4 is 10.2 Å². The van der Waals surface area contributed by atoms with Gasteiger partial charge in [-0.1, -0.05) is 23.7 Å². The van der Waals surface area contributed by atoms with Crippen molar-refractivity contribution in [1.29, 1.82) is 0 Å². The molecule has 0 unspecified atom stereocenters. The van der Waals surface area contributed by atoms with E-state index in [1.54, 1.807) is 0 Å². The minimum atomic E-state index is 0. The molecule has 1 fully saturated rings. The van der Waals surface area contributed by atoms with E-state index >= 15 is 0 Å². The molecule has 0 aliphatic carbocycles. The highest BCUT2D eigenvalue weighted by Crippen LogP contribution is 2.31. The standard InChI is InChI=1S/C20H25ClN4O.H2S/c1-13-3-4-15(11-17(13)21)19-16-5-7-22-8-6-18(16)23-20(24-19)25-9-10-26-12-14(25)2;/h3-4,11,14,22H,5-10,12H2,1-2H3;1H2/t14-;/m0./s1. The zero-order valence-electron chi connectivity index (χ0n) is 15.9. The number of morpholine rings is 1. The Morgan fingerprint density at radius 2 is 2.04 bits per heavy atom. The third-order valence-corrected chi connectivity index (χ3v) is 5.65. The van der Waals surface area contributed by atoms with Gasteiger partial charge in [-0.05, 0) is 38.4 Å². The van der Waals surface area contributed by atoms with Gasteiger partial charge in [-0.3, -0.25) is 0 Å². The molecule has 7 heteroatoms. The minimum Gasteiger partial charge on any atom is -0.377 e. The van der Waals surface area contributed by atoms with E-state index in [2.05, 4.69) is 29.3 Å². The Kier molecular flexibility index (Phi) is 6.63. The summed E-state index contributed by atoms with van der Waals surface area (Å²) in [5.74, 6) is 0.813. The predicted molar refractivity (Wildman–Crippen MR) is 116 cm³/mol. The summed E-state index contributed by atoms with van der Waals surface area (Å²) >= 11 is 6.41. The van der Waals surface area contributed by atoms with Gasteiger partial charge in [0.1, 0.15) is 0 Å². The van der Waals surface area contributed by atoms with Crippen LogP contribution in [0.1, 0.15) is 23.7 Å². The van der Waals surface area contributed by atoms with E-state index in [1.165, 1.54) is 5.56 Å². The smallest absolute Gasteiger partial charge is 0.226 e. The van der Waals surface area contributed by atoms with Crippen molar-refractivity contribution in [3.8, 4) is 11.3 Å². The number of hydrogen-bond donors (Lipinski definition) is 1. The molecule has 0 spiro atoms. The molecule has 4 rings (SSSR count). The fourth-order valence-corrected chi connectivity index (χ4v) is 3.84. The van der Waals surface area contributed by atoms with E-state index < -0.39 is 0 Å². The highest BCUT2D eigenvalue weighted by Gasteiger charge is 2.25. The molecule has 3 heterocycles. The van der Waals surface area contributed by atoms with Crippen LogP contribution in [0.15, 0.2) is 18.2 Å². The molecule has 0 bridgehead atoms. The number of nitrogens with zero attached hydrogens (tertiary/aromatic N) is 3. The largest absolute Gasteiger partial charge is 0.377 e. The summed E-state index contributed by atoms with van der Waals surface area (Å²) in [5, 5.41) is 4.25. The second-order valence-corrected chi connectivity index (χ2v) is 7.54. The van der Waals surface area contributed by atoms with Crippen LogP contribution in [-0.4, -0.2) is 48.9 Å². The van der Waals surface area contributed by atoms with Crippen molar-refractivity contribution in [3.63, 3.8) is 0 Å². The number of halogens is 1. The van der Waals surface area contributed by atoms with E-state index in [1.807, 2.05) is 13.0 Å². The Labute approximate surface area is 172 Å². The number of rotatable bonds is 2. The molecular formula is C20H27ClN4OS. The van der Waals surface area contributed by atoms with Crippen molar-refractivity contribution in [2.24, 2.45) is 0 Å². The van der Waals surface area contributed by atoms with Crippen LogP contribution in [0.3, 0.4) is 0 Å². The van der Waals surface area contributed by atoms with E-state index in [0.29, 0.717) is 6.61 Å². The van der Waals surface area contributed by atoms with Crippen LogP contribution in [0.2, 0.25) is 5.02 Å². The van der Waals surface area contributed by atoms with E-state index in [9.17, 15) is 0 Å². The van der Waals surface area contributed by atoms with Gasteiger partial charge in [0.05, 0.1) is 30.6 Å². The third-order valence-electron chi connectivity index (χ3n) is 5.24. The fourth-order valence-electron chi connectivity index (χ4n) is 3.66. The highest BCUT2D eigenvalue weighted by atomic mass is 35.5. The summed E-state index contributed by atoms with van der Waals surface area (Å²) < 4.78 is 5.59. The molecule has 27 heavy (non-hydrogen) atoms. The molecular weight excluding hydrogens is 380 g/mol. The lowest BCUT2D eigenvalue weighted by atomic mass is 10.00. The fraction of sp³-hybridized carbons (Fsp3) is 0.500. The molecule has 2 aliphatic heterocycles. The lowest BCUT2D eigenvalue weighted by Gasteiger charge is -2.34. The van der Waals surface area contributed by atoms with Crippen molar-refractivity contribution in [3.05, 3.63) is 40.0 Å². The average Bonchev–Trinajstić information content (AvgIpc) is 2.89. The van der Waals surface area contributed by atoms with Crippen molar-refractivity contribution in [2.45, 2.75) is 32.7 Å². The molecule has 2 aromatic rings. The van der Waals surface area contributed by atoms with Crippen LogP contribution in [0.25, 0.3) is 11.3 Å². The molecule has 0 saturated carbocycles. The summed E-state index contributed by atoms with van der Waals surface area (Å²) in [7, 11) is 0. The lowest BCUT2D eigenvalue weighted by molar-refractivity contribution is 0.0980. The van der Waals surface area contributed by atoms with Crippen LogP contribution in [-0.2, 0) is 17.6 Å². The molecule has 5 nitrogen and oxygen atoms in total. The topological polar surface area (TPSA) is 50.3 Å². The number of aromatic nitrogens is 2. The summed E-state index contributed by atoms with van der Waals surface area (Å²) in [6.07, 6.45) is 1.87. The maximum Gasteiger partial charge on any atom is 0.226 e. The molecule has 2 aliphatic rings. The molecule has 1 aromatic carbocycles. The third kappa shape index (κ3) is 4.24. The van der Waals surface area contributed by atoms with Gasteiger partial charge in [0.2, 0.25) is 5.95 Å². The van der Waals surface area contributed by atoms with Crippen LogP contribution in [0.5, 0.6) is 0 Å². The molecule has 146 valence electrons. The molecule has 1 aromatic heterocycles. The van der Waals surface area contributed by atoms with Gasteiger partial charge < -0.3 is 15.0 Å². The van der Waals surface area contributed by atoms with Crippen LogP contribution in [0.4, 0.5) is 5.95 Å². The molecule has 1 saturated heterocycles. The number of benzene rings is 1. The second-order valence-electron chi connectivity index (χ2n) is 7.13. The Morgan fingerprint density at radius 3 is 2.81 bits per heavy atom. The first-order valence-electron chi connectivity index (χ1n) is 9.35. The maximum atomic E-state index is 6.41. The van der Waals surface area contributed by atoms with Crippen molar-refractivity contribution < 1.29 is 4.74 Å². The number of nitrogens with one attached hydrogen (secondary N) is 1. The monoisotopic (exact) mass is 406 g/mol. The Balaban J connectivity index is 0.00000210. The Hall–Kier alpha value is -1.34. The van der Waals surface area contributed by atoms with Gasteiger partial charge >= 0.3 is 0 Å². The molecule has 0 amide bonds. The number of ether oxygens (including phenoxy) is 1. The van der Waals surface area contributed by atoms with Gasteiger partial charge in [0, 0.05) is 35.7 Å². The average molecular weight is 407 g/mol. The zero-order chi connectivity index (χ0) is 18.1. The van der Waals surface area contributed by atoms with Crippen LogP contribution in [0, 0.1) is 6.92 Å². The first-order valence-corrected chi connectivity index (χ1v) is 9.72. The molecule has 1 N–H and O–H groups in total. The first kappa shape index (κ1) is 20.4. The summed E-state index contributed by atoms with van der Waals surface area (Å²) in [6, 6.07) is 6.50. The van der Waals surface area contributed by atoms with Crippen LogP contribution >= 0.6 is 25.1 Å². The van der Waals surface area contributed by atoms with Crippen molar-refractivity contribution in [2.75, 3.05) is 37.7 Å². The Morgan fingerprint density at radius 1 is 1.22 bits per heavy atom. The van der Waals surface area contributed by atoms with Crippen molar-refractivity contribution in [1.82, 2.24) is 15.3 Å². The van der Waals surface area contributed by atoms with Gasteiger partial charge in [0.25, 0.3) is 0 Å². The number of anilines is 1. The second kappa shape index (κ2) is 8.78. The first-order chi connectivity index (χ1) is 12.6. The SMILES string of the molecule is Cc1ccc(-c2nc(N3CCOC[C@@H]3C)nc3c2CCNCC3)cc1Cl.S. The van der Waals surface area contributed by atoms with Gasteiger partial charge in [-0.25, -0.2) is 9.97 Å². The van der Waals surface area contributed by atoms with E-state index in [-0.39, 0.29) is 19.5 Å². The minimum absolute atomic E-state index is 0. The molecule has 0 radical (unpaired) electrons. The molecule has 1 atom stereocenters. The van der Waals surface area contributed by atoms with Gasteiger partial charge in [-0.2, -0.15) is 13.5 Å². The van der Waals surface area contributed by atoms with Gasteiger partial charge in [0.15, 0.2) is 0 Å². The zero-order valence-corrected chi connectivity index (χ0v) is 17.6. The number of hydrogen-bond acceptors (Lipinski definition) is 5. The summed E-state index contributed by atoms with van der Waals surface area (Å²) in [4.78, 5) is 12.2. The quantitative estimate of drug-likeness (QED) is 0.830. The maximum absolute atomic E-state index is 6.41. The van der Waals surface area contributed by atoms with E-state index in [4.69, 9.17) is 26.3 Å². The normalized spacial score (nSPS) is 19.8. The summed E-state index contributed by atoms with van der Waals surface area (Å²) in [5.41, 5.74) is 5.59. The Bertz CT molecular complexity index is 817. The summed E-state index contributed by atoms with van der Waals surface area (Å²) in [6.45, 7) is 8.36. The van der Waals surface area contributed by atoms with Gasteiger partial charge in [-0.15, -0.1) is 0 Å². The number of fused-ring (bicyclic) bond motifs is 1. The lowest BCUT2D eigenvalue weighted by Crippen LogP contribution is -2.44.